The third-order valence-electron chi connectivity index (χ3n) is 4.91. The van der Waals surface area contributed by atoms with Gasteiger partial charge in [0.05, 0.1) is 6.54 Å². The molecule has 1 aliphatic rings. The van der Waals surface area contributed by atoms with E-state index in [1.165, 1.54) is 12.8 Å². The number of benzene rings is 1. The lowest BCUT2D eigenvalue weighted by atomic mass is 10.2. The standard InChI is InChI=1S/C21H23BrN4O/c1-2-11-25(21(27)16-5-3-6-17(22)12-16)14-19-24-18-7-4-10-23-20(18)26(19)13-15-8-9-15/h3-7,10,12,15H,2,8-9,11,13-14H2,1H3. The SMILES string of the molecule is CCCN(Cc1nc2cccnc2n1CC1CC1)C(=O)c1cccc(Br)c1. The van der Waals surface area contributed by atoms with E-state index in [4.69, 9.17) is 4.98 Å². The van der Waals surface area contributed by atoms with Crippen molar-refractivity contribution in [3.05, 3.63) is 58.5 Å². The molecule has 0 atom stereocenters. The van der Waals surface area contributed by atoms with E-state index < -0.39 is 0 Å². The van der Waals surface area contributed by atoms with E-state index in [-0.39, 0.29) is 5.91 Å². The summed E-state index contributed by atoms with van der Waals surface area (Å²) in [5, 5.41) is 0. The molecule has 1 amide bonds. The van der Waals surface area contributed by atoms with Crippen LogP contribution in [0.2, 0.25) is 0 Å². The highest BCUT2D eigenvalue weighted by Gasteiger charge is 2.26. The lowest BCUT2D eigenvalue weighted by molar-refractivity contribution is 0.0737. The maximum Gasteiger partial charge on any atom is 0.254 e. The van der Waals surface area contributed by atoms with E-state index in [2.05, 4.69) is 32.4 Å². The molecule has 1 aliphatic carbocycles. The van der Waals surface area contributed by atoms with Crippen LogP contribution in [-0.4, -0.2) is 31.9 Å². The molecule has 0 spiro atoms. The number of pyridine rings is 1. The zero-order chi connectivity index (χ0) is 18.8. The van der Waals surface area contributed by atoms with Crippen LogP contribution in [0.3, 0.4) is 0 Å². The van der Waals surface area contributed by atoms with Crippen LogP contribution in [0.25, 0.3) is 11.2 Å². The Hall–Kier alpha value is -2.21. The second-order valence-electron chi connectivity index (χ2n) is 7.17. The summed E-state index contributed by atoms with van der Waals surface area (Å²) in [6, 6.07) is 11.5. The quantitative estimate of drug-likeness (QED) is 0.551. The van der Waals surface area contributed by atoms with Crippen LogP contribution in [-0.2, 0) is 13.1 Å². The Bertz CT molecular complexity index is 964. The summed E-state index contributed by atoms with van der Waals surface area (Å²) in [4.78, 5) is 24.3. The third kappa shape index (κ3) is 4.05. The smallest absolute Gasteiger partial charge is 0.254 e. The highest BCUT2D eigenvalue weighted by Crippen LogP contribution is 2.32. The molecule has 6 heteroatoms. The number of aromatic nitrogens is 3. The van der Waals surface area contributed by atoms with Gasteiger partial charge in [0.15, 0.2) is 5.65 Å². The first-order valence-corrected chi connectivity index (χ1v) is 10.3. The number of carbonyl (C=O) groups excluding carboxylic acids is 1. The van der Waals surface area contributed by atoms with Gasteiger partial charge < -0.3 is 9.47 Å². The van der Waals surface area contributed by atoms with Gasteiger partial charge in [-0.2, -0.15) is 0 Å². The van der Waals surface area contributed by atoms with Gasteiger partial charge in [-0.25, -0.2) is 9.97 Å². The van der Waals surface area contributed by atoms with Gasteiger partial charge in [-0.05, 0) is 55.5 Å². The number of nitrogens with zero attached hydrogens (tertiary/aromatic N) is 4. The first-order valence-electron chi connectivity index (χ1n) is 9.50. The van der Waals surface area contributed by atoms with Crippen molar-refractivity contribution in [3.63, 3.8) is 0 Å². The van der Waals surface area contributed by atoms with Crippen LogP contribution in [0, 0.1) is 5.92 Å². The van der Waals surface area contributed by atoms with E-state index in [0.717, 1.165) is 34.4 Å². The minimum Gasteiger partial charge on any atom is -0.331 e. The molecule has 0 unspecified atom stereocenters. The number of hydrogen-bond donors (Lipinski definition) is 0. The van der Waals surface area contributed by atoms with Crippen LogP contribution < -0.4 is 0 Å². The van der Waals surface area contributed by atoms with E-state index in [9.17, 15) is 4.79 Å². The monoisotopic (exact) mass is 426 g/mol. The van der Waals surface area contributed by atoms with E-state index in [1.807, 2.05) is 47.5 Å². The van der Waals surface area contributed by atoms with Crippen molar-refractivity contribution < 1.29 is 4.79 Å². The van der Waals surface area contributed by atoms with Crippen molar-refractivity contribution in [3.8, 4) is 0 Å². The van der Waals surface area contributed by atoms with Gasteiger partial charge in [0.2, 0.25) is 0 Å². The molecule has 0 radical (unpaired) electrons. The molecule has 2 aromatic heterocycles. The van der Waals surface area contributed by atoms with Gasteiger partial charge >= 0.3 is 0 Å². The lowest BCUT2D eigenvalue weighted by Crippen LogP contribution is -2.32. The first kappa shape index (κ1) is 18.2. The van der Waals surface area contributed by atoms with Crippen molar-refractivity contribution in [1.82, 2.24) is 19.4 Å². The maximum atomic E-state index is 13.1. The molecule has 1 aromatic carbocycles. The summed E-state index contributed by atoms with van der Waals surface area (Å²) in [5.74, 6) is 1.67. The second kappa shape index (κ2) is 7.80. The Morgan fingerprint density at radius 3 is 2.89 bits per heavy atom. The van der Waals surface area contributed by atoms with Crippen molar-refractivity contribution in [2.75, 3.05) is 6.54 Å². The average molecular weight is 427 g/mol. The molecule has 140 valence electrons. The molecule has 0 bridgehead atoms. The van der Waals surface area contributed by atoms with Gasteiger partial charge in [-0.3, -0.25) is 4.79 Å². The van der Waals surface area contributed by atoms with Crippen LogP contribution >= 0.6 is 15.9 Å². The minimum atomic E-state index is 0.0381. The topological polar surface area (TPSA) is 51.0 Å². The zero-order valence-electron chi connectivity index (χ0n) is 15.4. The van der Waals surface area contributed by atoms with Gasteiger partial charge in [0.1, 0.15) is 11.3 Å². The predicted octanol–water partition coefficient (Wildman–Crippen LogP) is 4.66. The van der Waals surface area contributed by atoms with Crippen molar-refractivity contribution in [2.45, 2.75) is 39.3 Å². The molecule has 27 heavy (non-hydrogen) atoms. The molecule has 0 saturated heterocycles. The van der Waals surface area contributed by atoms with Crippen molar-refractivity contribution >= 4 is 33.0 Å². The summed E-state index contributed by atoms with van der Waals surface area (Å²) < 4.78 is 3.12. The Morgan fingerprint density at radius 1 is 1.30 bits per heavy atom. The van der Waals surface area contributed by atoms with Gasteiger partial charge in [-0.15, -0.1) is 0 Å². The number of imidazole rings is 1. The van der Waals surface area contributed by atoms with Crippen LogP contribution in [0.1, 0.15) is 42.4 Å². The summed E-state index contributed by atoms with van der Waals surface area (Å²) in [7, 11) is 0. The molecule has 1 fully saturated rings. The molecule has 0 N–H and O–H groups in total. The fourth-order valence-electron chi connectivity index (χ4n) is 3.37. The molecule has 1 saturated carbocycles. The third-order valence-corrected chi connectivity index (χ3v) is 5.40. The molecular weight excluding hydrogens is 404 g/mol. The summed E-state index contributed by atoms with van der Waals surface area (Å²) in [6.07, 6.45) is 5.25. The number of amides is 1. The number of rotatable bonds is 7. The Morgan fingerprint density at radius 2 is 2.15 bits per heavy atom. The normalized spacial score (nSPS) is 13.9. The average Bonchev–Trinajstić information content (AvgIpc) is 3.43. The van der Waals surface area contributed by atoms with E-state index >= 15 is 0 Å². The highest BCUT2D eigenvalue weighted by molar-refractivity contribution is 9.10. The van der Waals surface area contributed by atoms with Crippen LogP contribution in [0.5, 0.6) is 0 Å². The van der Waals surface area contributed by atoms with Gasteiger partial charge in [0, 0.05) is 29.3 Å². The van der Waals surface area contributed by atoms with Crippen LogP contribution in [0.15, 0.2) is 47.1 Å². The van der Waals surface area contributed by atoms with Gasteiger partial charge in [0.25, 0.3) is 5.91 Å². The summed E-state index contributed by atoms with van der Waals surface area (Å²) in [5.41, 5.74) is 2.52. The predicted molar refractivity (Wildman–Crippen MR) is 109 cm³/mol. The Kier molecular flexibility index (Phi) is 5.25. The molecule has 0 aliphatic heterocycles. The van der Waals surface area contributed by atoms with Crippen LogP contribution in [0.4, 0.5) is 0 Å². The zero-order valence-corrected chi connectivity index (χ0v) is 17.0. The molecular formula is C21H23BrN4O. The number of hydrogen-bond acceptors (Lipinski definition) is 3. The van der Waals surface area contributed by atoms with Crippen molar-refractivity contribution in [1.29, 1.82) is 0 Å². The fraction of sp³-hybridized carbons (Fsp3) is 0.381. The molecule has 3 aromatic rings. The lowest BCUT2D eigenvalue weighted by Gasteiger charge is -2.22. The maximum absolute atomic E-state index is 13.1. The molecule has 2 heterocycles. The fourth-order valence-corrected chi connectivity index (χ4v) is 3.77. The highest BCUT2D eigenvalue weighted by atomic mass is 79.9. The number of fused-ring (bicyclic) bond motifs is 1. The molecule has 5 nitrogen and oxygen atoms in total. The van der Waals surface area contributed by atoms with E-state index in [0.29, 0.717) is 24.6 Å². The van der Waals surface area contributed by atoms with E-state index in [1.54, 1.807) is 0 Å². The largest absolute Gasteiger partial charge is 0.331 e. The second-order valence-corrected chi connectivity index (χ2v) is 8.08. The minimum absolute atomic E-state index is 0.0381. The summed E-state index contributed by atoms with van der Waals surface area (Å²) in [6.45, 7) is 4.23. The number of carbonyl (C=O) groups is 1. The van der Waals surface area contributed by atoms with Gasteiger partial charge in [-0.1, -0.05) is 28.9 Å². The first-order chi connectivity index (χ1) is 13.2. The Balaban J connectivity index is 1.66. The number of halogens is 1. The molecule has 4 rings (SSSR count). The summed E-state index contributed by atoms with van der Waals surface area (Å²) >= 11 is 3.46. The Labute approximate surface area is 167 Å². The van der Waals surface area contributed by atoms with Crippen molar-refractivity contribution in [2.24, 2.45) is 5.92 Å².